The Kier molecular flexibility index (Phi) is 4.04. The number of carbonyl (C=O) groups excluding carboxylic acids is 1. The number of nitro groups is 1. The SMILES string of the molecule is C#CCCOc1ccc([N+](=O)[O-])cc1C=O. The summed E-state index contributed by atoms with van der Waals surface area (Å²) >= 11 is 0. The molecule has 0 amide bonds. The molecule has 0 fully saturated rings. The van der Waals surface area contributed by atoms with Gasteiger partial charge in [-0.15, -0.1) is 12.3 Å². The van der Waals surface area contributed by atoms with Crippen molar-refractivity contribution in [2.24, 2.45) is 0 Å². The van der Waals surface area contributed by atoms with E-state index in [1.165, 1.54) is 12.1 Å². The Bertz CT molecular complexity index is 448. The summed E-state index contributed by atoms with van der Waals surface area (Å²) in [5.41, 5.74) is -0.00220. The number of benzene rings is 1. The van der Waals surface area contributed by atoms with Crippen LogP contribution >= 0.6 is 0 Å². The van der Waals surface area contributed by atoms with E-state index in [-0.39, 0.29) is 17.9 Å². The molecule has 5 nitrogen and oxygen atoms in total. The quantitative estimate of drug-likeness (QED) is 0.249. The molecular weight excluding hydrogens is 210 g/mol. The molecule has 0 aromatic heterocycles. The zero-order valence-corrected chi connectivity index (χ0v) is 8.38. The predicted molar refractivity (Wildman–Crippen MR) is 57.4 cm³/mol. The molecule has 0 aliphatic rings. The molecule has 1 aromatic carbocycles. The van der Waals surface area contributed by atoms with E-state index in [1.807, 2.05) is 0 Å². The molecule has 1 rings (SSSR count). The highest BCUT2D eigenvalue weighted by Crippen LogP contribution is 2.22. The van der Waals surface area contributed by atoms with Crippen LogP contribution in [0.1, 0.15) is 16.8 Å². The van der Waals surface area contributed by atoms with Crippen molar-refractivity contribution in [3.05, 3.63) is 33.9 Å². The van der Waals surface area contributed by atoms with Crippen molar-refractivity contribution in [1.29, 1.82) is 0 Å². The lowest BCUT2D eigenvalue weighted by Crippen LogP contribution is -2.00. The number of aldehydes is 1. The highest BCUT2D eigenvalue weighted by Gasteiger charge is 2.10. The Morgan fingerprint density at radius 1 is 1.56 bits per heavy atom. The molecule has 82 valence electrons. The van der Waals surface area contributed by atoms with E-state index in [2.05, 4.69) is 5.92 Å². The third-order valence-electron chi connectivity index (χ3n) is 1.84. The Hall–Kier alpha value is -2.35. The van der Waals surface area contributed by atoms with E-state index >= 15 is 0 Å². The maximum Gasteiger partial charge on any atom is 0.270 e. The maximum atomic E-state index is 10.7. The molecule has 0 saturated carbocycles. The summed E-state index contributed by atoms with van der Waals surface area (Å²) in [6.45, 7) is 0.273. The van der Waals surface area contributed by atoms with Crippen LogP contribution < -0.4 is 4.74 Å². The fourth-order valence-corrected chi connectivity index (χ4v) is 1.09. The minimum absolute atomic E-state index is 0.145. The molecule has 0 N–H and O–H groups in total. The molecule has 0 aliphatic heterocycles. The minimum atomic E-state index is -0.571. The molecule has 0 radical (unpaired) electrons. The van der Waals surface area contributed by atoms with Crippen LogP contribution in [0.3, 0.4) is 0 Å². The van der Waals surface area contributed by atoms with Crippen LogP contribution in [0, 0.1) is 22.5 Å². The van der Waals surface area contributed by atoms with Gasteiger partial charge in [-0.05, 0) is 6.07 Å². The second-order valence-electron chi connectivity index (χ2n) is 2.90. The number of hydrogen-bond acceptors (Lipinski definition) is 4. The number of nitrogens with zero attached hydrogens (tertiary/aromatic N) is 1. The van der Waals surface area contributed by atoms with E-state index in [0.717, 1.165) is 6.07 Å². The highest BCUT2D eigenvalue weighted by atomic mass is 16.6. The summed E-state index contributed by atoms with van der Waals surface area (Å²) in [5, 5.41) is 10.5. The van der Waals surface area contributed by atoms with Crippen LogP contribution in [0.25, 0.3) is 0 Å². The molecule has 1 aromatic rings. The molecule has 0 saturated heterocycles. The van der Waals surface area contributed by atoms with Crippen molar-refractivity contribution in [1.82, 2.24) is 0 Å². The molecule has 0 bridgehead atoms. The van der Waals surface area contributed by atoms with E-state index in [1.54, 1.807) is 0 Å². The second-order valence-corrected chi connectivity index (χ2v) is 2.90. The first-order chi connectivity index (χ1) is 7.69. The number of terminal acetylenes is 1. The van der Waals surface area contributed by atoms with Crippen molar-refractivity contribution in [3.8, 4) is 18.1 Å². The van der Waals surface area contributed by atoms with Crippen LogP contribution in [0.15, 0.2) is 18.2 Å². The predicted octanol–water partition coefficient (Wildman–Crippen LogP) is 1.81. The molecule has 0 heterocycles. The average Bonchev–Trinajstić information content (AvgIpc) is 2.29. The zero-order valence-electron chi connectivity index (χ0n) is 8.38. The smallest absolute Gasteiger partial charge is 0.270 e. The third-order valence-corrected chi connectivity index (χ3v) is 1.84. The van der Waals surface area contributed by atoms with Crippen molar-refractivity contribution < 1.29 is 14.5 Å². The second kappa shape index (κ2) is 5.51. The molecule has 16 heavy (non-hydrogen) atoms. The summed E-state index contributed by atoms with van der Waals surface area (Å²) < 4.78 is 5.21. The molecule has 0 atom stereocenters. The Morgan fingerprint density at radius 3 is 2.88 bits per heavy atom. The number of carbonyl (C=O) groups is 1. The summed E-state index contributed by atoms with van der Waals surface area (Å²) in [6, 6.07) is 3.83. The number of ether oxygens (including phenoxy) is 1. The summed E-state index contributed by atoms with van der Waals surface area (Å²) in [5.74, 6) is 2.69. The van der Waals surface area contributed by atoms with Gasteiger partial charge in [-0.25, -0.2) is 0 Å². The van der Waals surface area contributed by atoms with Gasteiger partial charge in [-0.2, -0.15) is 0 Å². The van der Waals surface area contributed by atoms with E-state index in [9.17, 15) is 14.9 Å². The average molecular weight is 219 g/mol. The fourth-order valence-electron chi connectivity index (χ4n) is 1.09. The van der Waals surface area contributed by atoms with Crippen LogP contribution in [0.2, 0.25) is 0 Å². The van der Waals surface area contributed by atoms with Crippen LogP contribution in [-0.2, 0) is 0 Å². The molecule has 0 unspecified atom stereocenters. The van der Waals surface area contributed by atoms with E-state index in [4.69, 9.17) is 11.2 Å². The maximum absolute atomic E-state index is 10.7. The largest absolute Gasteiger partial charge is 0.492 e. The first-order valence-corrected chi connectivity index (χ1v) is 4.49. The topological polar surface area (TPSA) is 69.4 Å². The van der Waals surface area contributed by atoms with E-state index in [0.29, 0.717) is 18.5 Å². The van der Waals surface area contributed by atoms with Gasteiger partial charge in [-0.1, -0.05) is 0 Å². The van der Waals surface area contributed by atoms with Gasteiger partial charge in [0.1, 0.15) is 5.75 Å². The van der Waals surface area contributed by atoms with Crippen molar-refractivity contribution >= 4 is 12.0 Å². The lowest BCUT2D eigenvalue weighted by molar-refractivity contribution is -0.384. The van der Waals surface area contributed by atoms with Gasteiger partial charge in [0.2, 0.25) is 0 Å². The Morgan fingerprint density at radius 2 is 2.31 bits per heavy atom. The van der Waals surface area contributed by atoms with Crippen molar-refractivity contribution in [2.75, 3.05) is 6.61 Å². The van der Waals surface area contributed by atoms with Gasteiger partial charge < -0.3 is 4.74 Å². The fraction of sp³-hybridized carbons (Fsp3) is 0.182. The standard InChI is InChI=1S/C11H9NO4/c1-2-3-6-16-11-5-4-10(12(14)15)7-9(11)8-13/h1,4-5,7-8H,3,6H2. The van der Waals surface area contributed by atoms with Crippen LogP contribution in [-0.4, -0.2) is 17.8 Å². The van der Waals surface area contributed by atoms with E-state index < -0.39 is 4.92 Å². The Balaban J connectivity index is 2.89. The first kappa shape index (κ1) is 11.7. The van der Waals surface area contributed by atoms with Crippen molar-refractivity contribution in [2.45, 2.75) is 6.42 Å². The molecular formula is C11H9NO4. The van der Waals surface area contributed by atoms with Crippen LogP contribution in [0.5, 0.6) is 5.75 Å². The van der Waals surface area contributed by atoms with Gasteiger partial charge in [0.05, 0.1) is 17.1 Å². The number of hydrogen-bond donors (Lipinski definition) is 0. The lowest BCUT2D eigenvalue weighted by Gasteiger charge is -2.05. The van der Waals surface area contributed by atoms with Gasteiger partial charge in [0.25, 0.3) is 5.69 Å². The monoisotopic (exact) mass is 219 g/mol. The number of nitro benzene ring substituents is 1. The van der Waals surface area contributed by atoms with Gasteiger partial charge in [0.15, 0.2) is 6.29 Å². The normalized spacial score (nSPS) is 9.19. The van der Waals surface area contributed by atoms with Crippen LogP contribution in [0.4, 0.5) is 5.69 Å². The van der Waals surface area contributed by atoms with Gasteiger partial charge >= 0.3 is 0 Å². The summed E-state index contributed by atoms with van der Waals surface area (Å²) in [4.78, 5) is 20.6. The number of rotatable bonds is 5. The Labute approximate surface area is 92.2 Å². The lowest BCUT2D eigenvalue weighted by atomic mass is 10.2. The highest BCUT2D eigenvalue weighted by molar-refractivity contribution is 5.80. The van der Waals surface area contributed by atoms with Gasteiger partial charge in [0, 0.05) is 18.6 Å². The molecule has 5 heteroatoms. The summed E-state index contributed by atoms with van der Waals surface area (Å²) in [7, 11) is 0. The molecule has 0 aliphatic carbocycles. The van der Waals surface area contributed by atoms with Crippen molar-refractivity contribution in [3.63, 3.8) is 0 Å². The third kappa shape index (κ3) is 2.82. The minimum Gasteiger partial charge on any atom is -0.492 e. The number of non-ortho nitro benzene ring substituents is 1. The summed E-state index contributed by atoms with van der Waals surface area (Å²) in [6.07, 6.45) is 5.96. The first-order valence-electron chi connectivity index (χ1n) is 4.49. The zero-order chi connectivity index (χ0) is 12.0. The molecule has 0 spiro atoms. The van der Waals surface area contributed by atoms with Gasteiger partial charge in [-0.3, -0.25) is 14.9 Å².